The summed E-state index contributed by atoms with van der Waals surface area (Å²) in [6.07, 6.45) is 10.7. The van der Waals surface area contributed by atoms with Gasteiger partial charge in [0.1, 0.15) is 0 Å². The maximum Gasteiger partial charge on any atom is 0.0713 e. The summed E-state index contributed by atoms with van der Waals surface area (Å²) < 4.78 is 6.19. The van der Waals surface area contributed by atoms with Gasteiger partial charge in [0, 0.05) is 18.7 Å². The van der Waals surface area contributed by atoms with Crippen LogP contribution in [0.3, 0.4) is 0 Å². The lowest BCUT2D eigenvalue weighted by Crippen LogP contribution is -2.51. The van der Waals surface area contributed by atoms with Crippen molar-refractivity contribution in [3.05, 3.63) is 0 Å². The fourth-order valence-corrected chi connectivity index (χ4v) is 5.42. The molecule has 3 aliphatic rings. The van der Waals surface area contributed by atoms with Crippen LogP contribution in [-0.2, 0) is 4.74 Å². The van der Waals surface area contributed by atoms with E-state index in [0.29, 0.717) is 6.04 Å². The molecule has 2 heterocycles. The van der Waals surface area contributed by atoms with Gasteiger partial charge in [0.05, 0.1) is 5.60 Å². The summed E-state index contributed by atoms with van der Waals surface area (Å²) in [5, 5.41) is 3.97. The molecule has 1 spiro atoms. The van der Waals surface area contributed by atoms with Gasteiger partial charge in [0.25, 0.3) is 0 Å². The molecule has 110 valence electrons. The number of rotatable bonds is 2. The van der Waals surface area contributed by atoms with Crippen LogP contribution < -0.4 is 5.32 Å². The van der Waals surface area contributed by atoms with Crippen molar-refractivity contribution in [3.63, 3.8) is 0 Å². The van der Waals surface area contributed by atoms with Crippen molar-refractivity contribution >= 4 is 11.8 Å². The molecule has 1 aliphatic carbocycles. The fourth-order valence-electron chi connectivity index (χ4n) is 4.18. The Balaban J connectivity index is 1.53. The number of hydrogen-bond acceptors (Lipinski definition) is 3. The van der Waals surface area contributed by atoms with Crippen LogP contribution in [0.25, 0.3) is 0 Å². The van der Waals surface area contributed by atoms with Gasteiger partial charge in [-0.15, -0.1) is 0 Å². The van der Waals surface area contributed by atoms with E-state index in [1.807, 2.05) is 0 Å². The predicted octanol–water partition coefficient (Wildman–Crippen LogP) is 3.60. The second-order valence-corrected chi connectivity index (χ2v) is 8.19. The van der Waals surface area contributed by atoms with Crippen molar-refractivity contribution in [2.24, 2.45) is 5.92 Å². The molecule has 2 aliphatic heterocycles. The molecule has 0 aromatic carbocycles. The molecule has 1 N–H and O–H groups in total. The Labute approximate surface area is 122 Å². The van der Waals surface area contributed by atoms with Gasteiger partial charge in [-0.1, -0.05) is 19.8 Å². The second-order valence-electron chi connectivity index (χ2n) is 6.97. The Bertz CT molecular complexity index is 285. The van der Waals surface area contributed by atoms with E-state index in [-0.39, 0.29) is 5.60 Å². The van der Waals surface area contributed by atoms with Gasteiger partial charge >= 0.3 is 0 Å². The molecule has 3 atom stereocenters. The molecule has 3 unspecified atom stereocenters. The highest BCUT2D eigenvalue weighted by Gasteiger charge is 2.39. The van der Waals surface area contributed by atoms with E-state index >= 15 is 0 Å². The van der Waals surface area contributed by atoms with Crippen molar-refractivity contribution in [3.8, 4) is 0 Å². The average Bonchev–Trinajstić information content (AvgIpc) is 2.40. The van der Waals surface area contributed by atoms with E-state index in [2.05, 4.69) is 24.0 Å². The van der Waals surface area contributed by atoms with Crippen molar-refractivity contribution in [1.82, 2.24) is 5.32 Å². The number of thioether (sulfide) groups is 1. The Morgan fingerprint density at radius 2 is 1.95 bits per heavy atom. The molecule has 3 fully saturated rings. The molecule has 19 heavy (non-hydrogen) atoms. The van der Waals surface area contributed by atoms with E-state index in [0.717, 1.165) is 18.6 Å². The zero-order chi connectivity index (χ0) is 13.1. The summed E-state index contributed by atoms with van der Waals surface area (Å²) in [6, 6.07) is 1.49. The van der Waals surface area contributed by atoms with Gasteiger partial charge in [-0.05, 0) is 55.9 Å². The summed E-state index contributed by atoms with van der Waals surface area (Å²) in [7, 11) is 0. The van der Waals surface area contributed by atoms with Crippen LogP contribution in [0.2, 0.25) is 0 Å². The Kier molecular flexibility index (Phi) is 4.76. The normalized spacial score (nSPS) is 39.3. The molecule has 1 saturated carbocycles. The maximum atomic E-state index is 6.19. The van der Waals surface area contributed by atoms with Gasteiger partial charge in [-0.3, -0.25) is 0 Å². The third-order valence-corrected chi connectivity index (χ3v) is 6.29. The molecule has 0 amide bonds. The third-order valence-electron chi connectivity index (χ3n) is 5.30. The van der Waals surface area contributed by atoms with Crippen molar-refractivity contribution in [2.45, 2.75) is 76.0 Å². The highest BCUT2D eigenvalue weighted by Crippen LogP contribution is 2.38. The van der Waals surface area contributed by atoms with Gasteiger partial charge in [0.15, 0.2) is 0 Å². The molecule has 0 aromatic rings. The molecule has 0 bridgehead atoms. The summed E-state index contributed by atoms with van der Waals surface area (Å²) in [6.45, 7) is 3.39. The molecule has 2 nitrogen and oxygen atoms in total. The smallest absolute Gasteiger partial charge is 0.0713 e. The minimum Gasteiger partial charge on any atom is -0.375 e. The minimum atomic E-state index is 0.238. The SMILES string of the molecule is CC1CCCC(NC2CCOC3(CCSCC3)C2)C1. The Morgan fingerprint density at radius 3 is 2.74 bits per heavy atom. The predicted molar refractivity (Wildman–Crippen MR) is 82.8 cm³/mol. The molecule has 3 heteroatoms. The quantitative estimate of drug-likeness (QED) is 0.836. The lowest BCUT2D eigenvalue weighted by Gasteiger charge is -2.44. The topological polar surface area (TPSA) is 21.3 Å². The second kappa shape index (κ2) is 6.36. The lowest BCUT2D eigenvalue weighted by molar-refractivity contribution is -0.0947. The van der Waals surface area contributed by atoms with E-state index in [1.54, 1.807) is 0 Å². The minimum absolute atomic E-state index is 0.238. The molecule has 2 saturated heterocycles. The van der Waals surface area contributed by atoms with Gasteiger partial charge < -0.3 is 10.1 Å². The first-order chi connectivity index (χ1) is 9.26. The fraction of sp³-hybridized carbons (Fsp3) is 1.00. The molecular weight excluding hydrogens is 254 g/mol. The summed E-state index contributed by atoms with van der Waals surface area (Å²) in [5.74, 6) is 3.52. The summed E-state index contributed by atoms with van der Waals surface area (Å²) >= 11 is 2.10. The first kappa shape index (κ1) is 14.2. The molecule has 0 aromatic heterocycles. The van der Waals surface area contributed by atoms with Gasteiger partial charge in [-0.25, -0.2) is 0 Å². The third kappa shape index (κ3) is 3.68. The van der Waals surface area contributed by atoms with Crippen LogP contribution in [0, 0.1) is 5.92 Å². The Morgan fingerprint density at radius 1 is 1.11 bits per heavy atom. The van der Waals surface area contributed by atoms with E-state index in [1.165, 1.54) is 62.9 Å². The molecular formula is C16H29NOS. The standard InChI is InChI=1S/C16H29NOS/c1-13-3-2-4-14(11-13)17-15-5-8-18-16(12-15)6-9-19-10-7-16/h13-15,17H,2-12H2,1H3. The monoisotopic (exact) mass is 283 g/mol. The van der Waals surface area contributed by atoms with Crippen LogP contribution in [0.1, 0.15) is 58.3 Å². The highest BCUT2D eigenvalue weighted by molar-refractivity contribution is 7.99. The van der Waals surface area contributed by atoms with Crippen LogP contribution in [0.5, 0.6) is 0 Å². The molecule has 3 rings (SSSR count). The average molecular weight is 283 g/mol. The van der Waals surface area contributed by atoms with Gasteiger partial charge in [0.2, 0.25) is 0 Å². The van der Waals surface area contributed by atoms with Crippen molar-refractivity contribution < 1.29 is 4.74 Å². The number of nitrogens with one attached hydrogen (secondary N) is 1. The van der Waals surface area contributed by atoms with Crippen molar-refractivity contribution in [2.75, 3.05) is 18.1 Å². The van der Waals surface area contributed by atoms with Crippen LogP contribution in [0.4, 0.5) is 0 Å². The summed E-state index contributed by atoms with van der Waals surface area (Å²) in [5.41, 5.74) is 0.238. The van der Waals surface area contributed by atoms with Crippen LogP contribution >= 0.6 is 11.8 Å². The van der Waals surface area contributed by atoms with Gasteiger partial charge in [-0.2, -0.15) is 11.8 Å². The first-order valence-electron chi connectivity index (χ1n) is 8.24. The van der Waals surface area contributed by atoms with Crippen LogP contribution in [-0.4, -0.2) is 35.8 Å². The van der Waals surface area contributed by atoms with E-state index in [9.17, 15) is 0 Å². The zero-order valence-electron chi connectivity index (χ0n) is 12.3. The maximum absolute atomic E-state index is 6.19. The van der Waals surface area contributed by atoms with E-state index in [4.69, 9.17) is 4.74 Å². The van der Waals surface area contributed by atoms with E-state index < -0.39 is 0 Å². The zero-order valence-corrected chi connectivity index (χ0v) is 13.1. The number of hydrogen-bond donors (Lipinski definition) is 1. The highest BCUT2D eigenvalue weighted by atomic mass is 32.2. The Hall–Kier alpha value is 0.270. The molecule has 0 radical (unpaired) electrons. The number of ether oxygens (including phenoxy) is 1. The van der Waals surface area contributed by atoms with Crippen molar-refractivity contribution in [1.29, 1.82) is 0 Å². The lowest BCUT2D eigenvalue weighted by atomic mass is 9.83. The summed E-state index contributed by atoms with van der Waals surface area (Å²) in [4.78, 5) is 0. The largest absolute Gasteiger partial charge is 0.375 e. The first-order valence-corrected chi connectivity index (χ1v) is 9.39. The van der Waals surface area contributed by atoms with Crippen LogP contribution in [0.15, 0.2) is 0 Å².